The maximum Gasteiger partial charge on any atom is 0.295 e. The Hall–Kier alpha value is -1.73. The summed E-state index contributed by atoms with van der Waals surface area (Å²) in [6.45, 7) is 0.826. The Balaban J connectivity index is 2.91. The van der Waals surface area contributed by atoms with Gasteiger partial charge in [0, 0.05) is 19.2 Å². The fourth-order valence-electron chi connectivity index (χ4n) is 1.77. The van der Waals surface area contributed by atoms with E-state index in [-0.39, 0.29) is 17.4 Å². The van der Waals surface area contributed by atoms with Gasteiger partial charge in [-0.1, -0.05) is 6.07 Å². The highest BCUT2D eigenvalue weighted by atomic mass is 19.1. The number of nitrogens with one attached hydrogen (secondary N) is 1. The number of hydrogen-bond donors (Lipinski definition) is 2. The lowest BCUT2D eigenvalue weighted by Crippen LogP contribution is -2.26. The summed E-state index contributed by atoms with van der Waals surface area (Å²) >= 11 is 0. The molecule has 0 bridgehead atoms. The van der Waals surface area contributed by atoms with E-state index in [9.17, 15) is 14.5 Å². The monoisotopic (exact) mass is 271 g/mol. The van der Waals surface area contributed by atoms with Crippen LogP contribution in [0, 0.1) is 15.9 Å². The number of para-hydroxylation sites is 1. The Bertz CT molecular complexity index is 429. The lowest BCUT2D eigenvalue weighted by atomic mass is 10.1. The van der Waals surface area contributed by atoms with Crippen LogP contribution in [0.4, 0.5) is 15.8 Å². The van der Waals surface area contributed by atoms with E-state index in [1.807, 2.05) is 0 Å². The molecule has 3 N–H and O–H groups in total. The number of nitrogens with zero attached hydrogens (tertiary/aromatic N) is 1. The molecule has 0 saturated carbocycles. The molecule has 0 aliphatic heterocycles. The first-order valence-corrected chi connectivity index (χ1v) is 5.98. The van der Waals surface area contributed by atoms with Crippen LogP contribution in [0.2, 0.25) is 0 Å². The average molecular weight is 271 g/mol. The number of nitro groups is 1. The topological polar surface area (TPSA) is 90.4 Å². The fraction of sp³-hybridized carbons (Fsp3) is 0.500. The summed E-state index contributed by atoms with van der Waals surface area (Å²) in [5, 5.41) is 13.7. The molecule has 0 saturated heterocycles. The third kappa shape index (κ3) is 4.46. The molecule has 0 fully saturated rings. The fourth-order valence-corrected chi connectivity index (χ4v) is 1.77. The summed E-state index contributed by atoms with van der Waals surface area (Å²) in [6.07, 6.45) is 1.37. The molecule has 7 heteroatoms. The van der Waals surface area contributed by atoms with Gasteiger partial charge >= 0.3 is 0 Å². The molecule has 1 atom stereocenters. The lowest BCUT2D eigenvalue weighted by Gasteiger charge is -2.19. The number of rotatable bonds is 8. The van der Waals surface area contributed by atoms with E-state index in [2.05, 4.69) is 5.32 Å². The number of anilines is 1. The van der Waals surface area contributed by atoms with Gasteiger partial charge in [0.2, 0.25) is 0 Å². The average Bonchev–Trinajstić information content (AvgIpc) is 2.38. The maximum atomic E-state index is 13.7. The first-order valence-electron chi connectivity index (χ1n) is 5.98. The van der Waals surface area contributed by atoms with Gasteiger partial charge in [0.1, 0.15) is 5.69 Å². The predicted molar refractivity (Wildman–Crippen MR) is 70.6 cm³/mol. The lowest BCUT2D eigenvalue weighted by molar-refractivity contribution is -0.384. The van der Waals surface area contributed by atoms with Crippen LogP contribution in [0.3, 0.4) is 0 Å². The molecule has 0 amide bonds. The summed E-state index contributed by atoms with van der Waals surface area (Å²) < 4.78 is 18.7. The van der Waals surface area contributed by atoms with Crippen molar-refractivity contribution in [2.75, 3.05) is 25.6 Å². The molecular weight excluding hydrogens is 253 g/mol. The zero-order chi connectivity index (χ0) is 14.3. The summed E-state index contributed by atoms with van der Waals surface area (Å²) in [4.78, 5) is 10.3. The van der Waals surface area contributed by atoms with Crippen molar-refractivity contribution in [2.45, 2.75) is 18.9 Å². The first-order chi connectivity index (χ1) is 9.10. The molecule has 19 heavy (non-hydrogen) atoms. The normalized spacial score (nSPS) is 12.2. The van der Waals surface area contributed by atoms with E-state index < -0.39 is 10.7 Å². The van der Waals surface area contributed by atoms with Crippen molar-refractivity contribution in [3.05, 3.63) is 34.1 Å². The van der Waals surface area contributed by atoms with Crippen LogP contribution < -0.4 is 11.1 Å². The quantitative estimate of drug-likeness (QED) is 0.556. The van der Waals surface area contributed by atoms with E-state index in [1.165, 1.54) is 25.3 Å². The first kappa shape index (κ1) is 15.3. The molecule has 0 radical (unpaired) electrons. The molecule has 0 spiro atoms. The van der Waals surface area contributed by atoms with Crippen molar-refractivity contribution in [1.82, 2.24) is 0 Å². The second-order valence-electron chi connectivity index (χ2n) is 4.12. The molecule has 1 aromatic carbocycles. The summed E-state index contributed by atoms with van der Waals surface area (Å²) in [7, 11) is 1.52. The smallest absolute Gasteiger partial charge is 0.295 e. The maximum absolute atomic E-state index is 13.7. The van der Waals surface area contributed by atoms with Crippen molar-refractivity contribution in [1.29, 1.82) is 0 Å². The third-order valence-corrected chi connectivity index (χ3v) is 2.66. The second kappa shape index (κ2) is 7.65. The molecule has 0 heterocycles. The van der Waals surface area contributed by atoms with Crippen LogP contribution in [-0.4, -0.2) is 31.2 Å². The minimum Gasteiger partial charge on any atom is -0.383 e. The molecular formula is C12H18FN3O3. The Kier molecular flexibility index (Phi) is 6.17. The predicted octanol–water partition coefficient (Wildman–Crippen LogP) is 1.90. The molecule has 1 rings (SSSR count). The van der Waals surface area contributed by atoms with Gasteiger partial charge in [0.15, 0.2) is 5.82 Å². The SMILES string of the molecule is COCC(CCCN)Nc1c(F)cccc1[N+](=O)[O-]. The number of hydrogen-bond acceptors (Lipinski definition) is 5. The minimum atomic E-state index is -0.650. The van der Waals surface area contributed by atoms with Gasteiger partial charge < -0.3 is 15.8 Å². The Morgan fingerprint density at radius 3 is 2.89 bits per heavy atom. The number of halogens is 1. The number of ether oxygens (including phenoxy) is 1. The third-order valence-electron chi connectivity index (χ3n) is 2.66. The number of benzene rings is 1. The van der Waals surface area contributed by atoms with Gasteiger partial charge in [-0.25, -0.2) is 4.39 Å². The van der Waals surface area contributed by atoms with Gasteiger partial charge in [-0.2, -0.15) is 0 Å². The zero-order valence-corrected chi connectivity index (χ0v) is 10.8. The van der Waals surface area contributed by atoms with Crippen molar-refractivity contribution in [3.63, 3.8) is 0 Å². The van der Waals surface area contributed by atoms with Crippen molar-refractivity contribution < 1.29 is 14.1 Å². The number of nitrogens with two attached hydrogens (primary N) is 1. The van der Waals surface area contributed by atoms with Crippen molar-refractivity contribution >= 4 is 11.4 Å². The molecule has 6 nitrogen and oxygen atoms in total. The summed E-state index contributed by atoms with van der Waals surface area (Å²) in [5.74, 6) is -0.650. The van der Waals surface area contributed by atoms with E-state index in [4.69, 9.17) is 10.5 Å². The van der Waals surface area contributed by atoms with Gasteiger partial charge in [0.25, 0.3) is 5.69 Å². The Labute approximate surface area is 110 Å². The second-order valence-corrected chi connectivity index (χ2v) is 4.12. The van der Waals surface area contributed by atoms with E-state index in [1.54, 1.807) is 0 Å². The minimum absolute atomic E-state index is 0.105. The van der Waals surface area contributed by atoms with E-state index in [0.717, 1.165) is 6.42 Å². The van der Waals surface area contributed by atoms with Gasteiger partial charge in [-0.3, -0.25) is 10.1 Å². The van der Waals surface area contributed by atoms with Crippen LogP contribution >= 0.6 is 0 Å². The van der Waals surface area contributed by atoms with E-state index in [0.29, 0.717) is 19.6 Å². The molecule has 1 aromatic rings. The zero-order valence-electron chi connectivity index (χ0n) is 10.8. The summed E-state index contributed by atoms with van der Waals surface area (Å²) in [6, 6.07) is 3.54. The molecule has 1 unspecified atom stereocenters. The molecule has 0 aromatic heterocycles. The van der Waals surface area contributed by atoms with Gasteiger partial charge in [0.05, 0.1) is 11.5 Å². The van der Waals surface area contributed by atoms with E-state index >= 15 is 0 Å². The Morgan fingerprint density at radius 1 is 1.58 bits per heavy atom. The van der Waals surface area contributed by atoms with Crippen LogP contribution in [0.5, 0.6) is 0 Å². The standard InChI is InChI=1S/C12H18FN3O3/c1-19-8-9(4-3-7-14)15-12-10(13)5-2-6-11(12)16(17)18/h2,5-6,9,15H,3-4,7-8,14H2,1H3. The number of methoxy groups -OCH3 is 1. The Morgan fingerprint density at radius 2 is 2.32 bits per heavy atom. The van der Waals surface area contributed by atoms with Crippen LogP contribution in [0.25, 0.3) is 0 Å². The van der Waals surface area contributed by atoms with Crippen molar-refractivity contribution in [2.24, 2.45) is 5.73 Å². The van der Waals surface area contributed by atoms with Crippen LogP contribution in [-0.2, 0) is 4.74 Å². The molecule has 106 valence electrons. The van der Waals surface area contributed by atoms with Gasteiger partial charge in [-0.05, 0) is 25.5 Å². The largest absolute Gasteiger partial charge is 0.383 e. The highest BCUT2D eigenvalue weighted by Gasteiger charge is 2.20. The summed E-state index contributed by atoms with van der Waals surface area (Å²) in [5.41, 5.74) is 5.03. The molecule has 0 aliphatic rings. The van der Waals surface area contributed by atoms with Crippen molar-refractivity contribution in [3.8, 4) is 0 Å². The number of nitro benzene ring substituents is 1. The van der Waals surface area contributed by atoms with Crippen LogP contribution in [0.15, 0.2) is 18.2 Å². The molecule has 0 aliphatic carbocycles. The highest BCUT2D eigenvalue weighted by Crippen LogP contribution is 2.28. The van der Waals surface area contributed by atoms with Crippen LogP contribution in [0.1, 0.15) is 12.8 Å². The van der Waals surface area contributed by atoms with Gasteiger partial charge in [-0.15, -0.1) is 0 Å². The highest BCUT2D eigenvalue weighted by molar-refractivity contribution is 5.62.